The summed E-state index contributed by atoms with van der Waals surface area (Å²) in [7, 11) is 0. The first-order valence-electron chi connectivity index (χ1n) is 12.2. The average molecular weight is 493 g/mol. The molecule has 0 saturated heterocycles. The summed E-state index contributed by atoms with van der Waals surface area (Å²) >= 11 is 0. The summed E-state index contributed by atoms with van der Waals surface area (Å²) in [4.78, 5) is 27.0. The Balaban J connectivity index is 1.62. The zero-order valence-corrected chi connectivity index (χ0v) is 21.3. The highest BCUT2D eigenvalue weighted by molar-refractivity contribution is 5.95. The number of pyridine rings is 1. The van der Waals surface area contributed by atoms with Crippen LogP contribution in [0.15, 0.2) is 66.9 Å². The maximum Gasteiger partial charge on any atom is 0.343 e. The smallest absolute Gasteiger partial charge is 0.343 e. The number of hydrogen-bond acceptors (Lipinski definition) is 7. The van der Waals surface area contributed by atoms with Crippen molar-refractivity contribution in [2.24, 2.45) is 0 Å². The van der Waals surface area contributed by atoms with Gasteiger partial charge in [-0.25, -0.2) is 19.7 Å². The first kappa shape index (κ1) is 24.1. The molecule has 2 aromatic carbocycles. The molecule has 5 aromatic rings. The molecule has 37 heavy (non-hydrogen) atoms. The maximum absolute atomic E-state index is 12.9. The molecule has 0 atom stereocenters. The van der Waals surface area contributed by atoms with Crippen LogP contribution in [0.4, 0.5) is 11.6 Å². The topological polar surface area (TPSA) is 94.8 Å². The van der Waals surface area contributed by atoms with Crippen molar-refractivity contribution in [3.63, 3.8) is 0 Å². The van der Waals surface area contributed by atoms with Gasteiger partial charge in [-0.2, -0.15) is 9.78 Å². The summed E-state index contributed by atoms with van der Waals surface area (Å²) in [6, 6.07) is 20.1. The van der Waals surface area contributed by atoms with E-state index in [9.17, 15) is 4.79 Å². The summed E-state index contributed by atoms with van der Waals surface area (Å²) in [5.41, 5.74) is 5.26. The van der Waals surface area contributed by atoms with Crippen molar-refractivity contribution < 1.29 is 9.53 Å². The average Bonchev–Trinajstić information content (AvgIpc) is 3.30. The van der Waals surface area contributed by atoms with Crippen LogP contribution in [-0.4, -0.2) is 37.3 Å². The SMILES string of the molecule is CCOC(=O)c1cnn(-c2ccc3ccccc3n2)c1Nc1nc(C)nc(C)c1Cc1ccc(C)cc1. The molecule has 0 unspecified atom stereocenters. The number of rotatable bonds is 7. The highest BCUT2D eigenvalue weighted by Crippen LogP contribution is 2.29. The van der Waals surface area contributed by atoms with Gasteiger partial charge in [0.2, 0.25) is 0 Å². The van der Waals surface area contributed by atoms with Crippen molar-refractivity contribution in [1.29, 1.82) is 0 Å². The number of para-hydroxylation sites is 1. The second-order valence-electron chi connectivity index (χ2n) is 8.87. The zero-order valence-electron chi connectivity index (χ0n) is 21.3. The summed E-state index contributed by atoms with van der Waals surface area (Å²) in [6.45, 7) is 7.91. The summed E-state index contributed by atoms with van der Waals surface area (Å²) in [6.07, 6.45) is 2.13. The highest BCUT2D eigenvalue weighted by Gasteiger charge is 2.23. The number of aryl methyl sites for hydroxylation is 3. The van der Waals surface area contributed by atoms with Gasteiger partial charge in [-0.15, -0.1) is 0 Å². The molecule has 0 aliphatic rings. The molecule has 0 amide bonds. The van der Waals surface area contributed by atoms with Crippen molar-refractivity contribution in [3.05, 3.63) is 101 Å². The van der Waals surface area contributed by atoms with E-state index in [0.717, 1.165) is 27.7 Å². The van der Waals surface area contributed by atoms with Crippen LogP contribution < -0.4 is 5.32 Å². The van der Waals surface area contributed by atoms with Crippen molar-refractivity contribution in [2.45, 2.75) is 34.1 Å². The molecule has 3 heterocycles. The Morgan fingerprint density at radius 2 is 1.73 bits per heavy atom. The molecule has 0 radical (unpaired) electrons. The molecule has 5 rings (SSSR count). The lowest BCUT2D eigenvalue weighted by molar-refractivity contribution is 0.0527. The first-order valence-corrected chi connectivity index (χ1v) is 12.2. The molecular formula is C29H28N6O2. The van der Waals surface area contributed by atoms with Crippen LogP contribution in [0.3, 0.4) is 0 Å². The number of aromatic nitrogens is 5. The van der Waals surface area contributed by atoms with Crippen LogP contribution in [0.1, 0.15) is 45.5 Å². The van der Waals surface area contributed by atoms with Gasteiger partial charge < -0.3 is 10.1 Å². The number of esters is 1. The van der Waals surface area contributed by atoms with E-state index in [0.29, 0.717) is 35.3 Å². The molecule has 0 bridgehead atoms. The number of ether oxygens (including phenoxy) is 1. The molecule has 8 nitrogen and oxygen atoms in total. The number of hydrogen-bond donors (Lipinski definition) is 1. The number of nitrogens with one attached hydrogen (secondary N) is 1. The molecule has 0 fully saturated rings. The Morgan fingerprint density at radius 3 is 2.51 bits per heavy atom. The lowest BCUT2D eigenvalue weighted by Crippen LogP contribution is -2.13. The van der Waals surface area contributed by atoms with Crippen LogP contribution in [0.25, 0.3) is 16.7 Å². The lowest BCUT2D eigenvalue weighted by Gasteiger charge is -2.16. The molecule has 0 saturated carbocycles. The van der Waals surface area contributed by atoms with Crippen LogP contribution >= 0.6 is 0 Å². The fourth-order valence-electron chi connectivity index (χ4n) is 4.25. The third kappa shape index (κ3) is 5.04. The third-order valence-electron chi connectivity index (χ3n) is 6.13. The Kier molecular flexibility index (Phi) is 6.64. The summed E-state index contributed by atoms with van der Waals surface area (Å²) in [5, 5.41) is 8.92. The lowest BCUT2D eigenvalue weighted by atomic mass is 10.0. The quantitative estimate of drug-likeness (QED) is 0.294. The van der Waals surface area contributed by atoms with Gasteiger partial charge in [0.1, 0.15) is 17.2 Å². The fourth-order valence-corrected chi connectivity index (χ4v) is 4.25. The number of anilines is 2. The molecule has 3 aromatic heterocycles. The number of carbonyl (C=O) groups excluding carboxylic acids is 1. The van der Waals surface area contributed by atoms with Crippen LogP contribution in [0.5, 0.6) is 0 Å². The zero-order chi connectivity index (χ0) is 25.9. The third-order valence-corrected chi connectivity index (χ3v) is 6.13. The van der Waals surface area contributed by atoms with E-state index < -0.39 is 5.97 Å². The van der Waals surface area contributed by atoms with Crippen molar-refractivity contribution in [3.8, 4) is 5.82 Å². The van der Waals surface area contributed by atoms with Gasteiger partial charge in [0.25, 0.3) is 0 Å². The van der Waals surface area contributed by atoms with E-state index in [1.165, 1.54) is 11.8 Å². The molecule has 0 aliphatic heterocycles. The van der Waals surface area contributed by atoms with Gasteiger partial charge in [0.05, 0.1) is 18.3 Å². The fraction of sp³-hybridized carbons (Fsp3) is 0.207. The Bertz CT molecular complexity index is 1590. The van der Waals surface area contributed by atoms with Gasteiger partial charge in [-0.05, 0) is 51.5 Å². The minimum Gasteiger partial charge on any atom is -0.462 e. The van der Waals surface area contributed by atoms with E-state index in [4.69, 9.17) is 14.7 Å². The molecule has 8 heteroatoms. The molecule has 1 N–H and O–H groups in total. The van der Waals surface area contributed by atoms with E-state index in [-0.39, 0.29) is 6.61 Å². The molecule has 0 aliphatic carbocycles. The van der Waals surface area contributed by atoms with Crippen LogP contribution in [0.2, 0.25) is 0 Å². The van der Waals surface area contributed by atoms with Crippen molar-refractivity contribution >= 4 is 28.5 Å². The number of nitrogens with zero attached hydrogens (tertiary/aromatic N) is 5. The largest absolute Gasteiger partial charge is 0.462 e. The second kappa shape index (κ2) is 10.2. The van der Waals surface area contributed by atoms with Crippen molar-refractivity contribution in [2.75, 3.05) is 11.9 Å². The van der Waals surface area contributed by atoms with Gasteiger partial charge in [0, 0.05) is 23.1 Å². The number of carbonyl (C=O) groups is 1. The van der Waals surface area contributed by atoms with Gasteiger partial charge in [0.15, 0.2) is 11.6 Å². The van der Waals surface area contributed by atoms with E-state index in [2.05, 4.69) is 46.6 Å². The van der Waals surface area contributed by atoms with Gasteiger partial charge >= 0.3 is 5.97 Å². The number of fused-ring (bicyclic) bond motifs is 1. The maximum atomic E-state index is 12.9. The second-order valence-corrected chi connectivity index (χ2v) is 8.87. The van der Waals surface area contributed by atoms with Crippen LogP contribution in [-0.2, 0) is 11.2 Å². The first-order chi connectivity index (χ1) is 17.9. The minimum absolute atomic E-state index is 0.252. The molecule has 0 spiro atoms. The van der Waals surface area contributed by atoms with E-state index >= 15 is 0 Å². The predicted octanol–water partition coefficient (Wildman–Crippen LogP) is 5.65. The Morgan fingerprint density at radius 1 is 0.946 bits per heavy atom. The summed E-state index contributed by atoms with van der Waals surface area (Å²) < 4.78 is 6.94. The standard InChI is InChI=1S/C29H28N6O2/c1-5-37-29(36)24-17-30-35(26-15-14-22-8-6-7-9-25(22)33-26)28(24)34-27-23(19(3)31-20(4)32-27)16-21-12-10-18(2)11-13-21/h6-15,17H,5,16H2,1-4H3,(H,31,32,34). The monoisotopic (exact) mass is 492 g/mol. The summed E-state index contributed by atoms with van der Waals surface area (Å²) in [5.74, 6) is 1.77. The van der Waals surface area contributed by atoms with Crippen LogP contribution in [0, 0.1) is 20.8 Å². The molecule has 186 valence electrons. The normalized spacial score (nSPS) is 11.0. The number of benzene rings is 2. The predicted molar refractivity (Wildman–Crippen MR) is 144 cm³/mol. The Labute approximate surface area is 215 Å². The van der Waals surface area contributed by atoms with Gasteiger partial charge in [-0.3, -0.25) is 0 Å². The van der Waals surface area contributed by atoms with E-state index in [1.54, 1.807) is 11.6 Å². The molecular weight excluding hydrogens is 464 g/mol. The van der Waals surface area contributed by atoms with Gasteiger partial charge in [-0.1, -0.05) is 48.0 Å². The minimum atomic E-state index is -0.473. The highest BCUT2D eigenvalue weighted by atomic mass is 16.5. The Hall–Kier alpha value is -4.59. The van der Waals surface area contributed by atoms with E-state index in [1.807, 2.05) is 50.2 Å². The van der Waals surface area contributed by atoms with Crippen molar-refractivity contribution in [1.82, 2.24) is 24.7 Å².